The number of benzene rings is 1. The highest BCUT2D eigenvalue weighted by molar-refractivity contribution is 5.25. The monoisotopic (exact) mass is 254 g/mol. The molecule has 3 N–H and O–H groups in total. The minimum atomic E-state index is -0.426. The zero-order chi connectivity index (χ0) is 13.4. The van der Waals surface area contributed by atoms with Gasteiger partial charge in [0, 0.05) is 0 Å². The Kier molecular flexibility index (Phi) is 5.93. The molecule has 0 bridgehead atoms. The quantitative estimate of drug-likeness (QED) is 0.313. The molecule has 1 aromatic rings. The molecular formula is C12H14O6. The van der Waals surface area contributed by atoms with Crippen LogP contribution < -0.4 is 0 Å². The molecule has 0 heterocycles. The van der Waals surface area contributed by atoms with Crippen molar-refractivity contribution in [2.24, 2.45) is 0 Å². The van der Waals surface area contributed by atoms with Gasteiger partial charge in [-0.2, -0.15) is 0 Å². The lowest BCUT2D eigenvalue weighted by Crippen LogP contribution is -2.02. The smallest absolute Gasteiger partial charge is 0.216 e. The summed E-state index contributed by atoms with van der Waals surface area (Å²) in [5.41, 5.74) is 3.33. The summed E-state index contributed by atoms with van der Waals surface area (Å²) in [7, 11) is 0. The highest BCUT2D eigenvalue weighted by Crippen LogP contribution is 2.23. The highest BCUT2D eigenvalue weighted by atomic mass is 17.1. The molecule has 0 aliphatic heterocycles. The SMILES string of the molecule is C[C@@H](C(=C=C(COO)OO)OO)c1ccccc1. The first-order valence-electron chi connectivity index (χ1n) is 5.16. The first-order chi connectivity index (χ1) is 8.72. The second-order valence-corrected chi connectivity index (χ2v) is 3.50. The van der Waals surface area contributed by atoms with Crippen LogP contribution in [0.15, 0.2) is 47.6 Å². The third-order valence-corrected chi connectivity index (χ3v) is 2.36. The molecule has 0 radical (unpaired) electrons. The Bertz CT molecular complexity index is 421. The van der Waals surface area contributed by atoms with Gasteiger partial charge >= 0.3 is 0 Å². The predicted octanol–water partition coefficient (Wildman–Crippen LogP) is 2.63. The summed E-state index contributed by atoms with van der Waals surface area (Å²) in [5.74, 6) is -0.535. The first kappa shape index (κ1) is 14.2. The van der Waals surface area contributed by atoms with Gasteiger partial charge in [0.15, 0.2) is 12.4 Å². The van der Waals surface area contributed by atoms with Crippen LogP contribution in [0.2, 0.25) is 0 Å². The van der Waals surface area contributed by atoms with Crippen LogP contribution in [0.4, 0.5) is 0 Å². The summed E-state index contributed by atoms with van der Waals surface area (Å²) >= 11 is 0. The van der Waals surface area contributed by atoms with Crippen molar-refractivity contribution < 1.29 is 30.4 Å². The summed E-state index contributed by atoms with van der Waals surface area (Å²) < 4.78 is 0. The van der Waals surface area contributed by atoms with Crippen LogP contribution in [0.3, 0.4) is 0 Å². The predicted molar refractivity (Wildman–Crippen MR) is 61.4 cm³/mol. The molecule has 0 aromatic heterocycles. The van der Waals surface area contributed by atoms with Crippen molar-refractivity contribution in [2.45, 2.75) is 12.8 Å². The van der Waals surface area contributed by atoms with E-state index in [0.717, 1.165) is 5.56 Å². The van der Waals surface area contributed by atoms with E-state index in [4.69, 9.17) is 15.8 Å². The van der Waals surface area contributed by atoms with Gasteiger partial charge in [-0.25, -0.2) is 15.4 Å². The molecule has 0 saturated heterocycles. The molecule has 1 aromatic carbocycles. The van der Waals surface area contributed by atoms with Crippen LogP contribution in [-0.2, 0) is 14.7 Å². The lowest BCUT2D eigenvalue weighted by Gasteiger charge is -2.11. The van der Waals surface area contributed by atoms with Gasteiger partial charge < -0.3 is 9.78 Å². The lowest BCUT2D eigenvalue weighted by molar-refractivity contribution is -0.268. The van der Waals surface area contributed by atoms with Gasteiger partial charge in [0.05, 0.1) is 5.92 Å². The van der Waals surface area contributed by atoms with Crippen LogP contribution >= 0.6 is 0 Å². The zero-order valence-corrected chi connectivity index (χ0v) is 9.74. The van der Waals surface area contributed by atoms with Crippen LogP contribution in [0, 0.1) is 0 Å². The summed E-state index contributed by atoms with van der Waals surface area (Å²) in [6, 6.07) is 9.22. The fourth-order valence-corrected chi connectivity index (χ4v) is 1.38. The minimum Gasteiger partial charge on any atom is -0.335 e. The standard InChI is InChI=1S/C12H14O6/c1-9(10-5-3-2-4-6-10)12(18-15)7-11(17-14)8-16-13/h2-6,9,13-15H,8H2,1H3/t7?,9-/m1/s1. The van der Waals surface area contributed by atoms with E-state index in [1.54, 1.807) is 6.92 Å². The van der Waals surface area contributed by atoms with Crippen LogP contribution in [0.5, 0.6) is 0 Å². The van der Waals surface area contributed by atoms with E-state index in [0.29, 0.717) is 0 Å². The fourth-order valence-electron chi connectivity index (χ4n) is 1.38. The maximum absolute atomic E-state index is 8.82. The van der Waals surface area contributed by atoms with Crippen LogP contribution in [0.1, 0.15) is 18.4 Å². The Morgan fingerprint density at radius 3 is 2.33 bits per heavy atom. The van der Waals surface area contributed by atoms with Gasteiger partial charge in [-0.15, -0.1) is 0 Å². The second-order valence-electron chi connectivity index (χ2n) is 3.50. The fraction of sp³-hybridized carbons (Fsp3) is 0.250. The molecule has 0 saturated carbocycles. The third-order valence-electron chi connectivity index (χ3n) is 2.36. The van der Waals surface area contributed by atoms with Crippen molar-refractivity contribution in [1.29, 1.82) is 0 Å². The van der Waals surface area contributed by atoms with Gasteiger partial charge in [0.25, 0.3) is 0 Å². The average Bonchev–Trinajstić information content (AvgIpc) is 2.43. The summed E-state index contributed by atoms with van der Waals surface area (Å²) in [4.78, 5) is 11.9. The van der Waals surface area contributed by atoms with E-state index in [9.17, 15) is 0 Å². The molecule has 0 unspecified atom stereocenters. The minimum absolute atomic E-state index is 0.0160. The third kappa shape index (κ3) is 3.89. The molecular weight excluding hydrogens is 240 g/mol. The van der Waals surface area contributed by atoms with Gasteiger partial charge in [0.1, 0.15) is 0 Å². The van der Waals surface area contributed by atoms with E-state index in [-0.39, 0.29) is 17.4 Å². The summed E-state index contributed by atoms with van der Waals surface area (Å²) in [6.07, 6.45) is 0. The lowest BCUT2D eigenvalue weighted by atomic mass is 9.99. The molecule has 1 atom stereocenters. The molecule has 6 nitrogen and oxygen atoms in total. The van der Waals surface area contributed by atoms with E-state index in [1.807, 2.05) is 30.3 Å². The number of hydrogen-bond acceptors (Lipinski definition) is 6. The van der Waals surface area contributed by atoms with Gasteiger partial charge in [0.2, 0.25) is 5.76 Å². The van der Waals surface area contributed by atoms with Crippen molar-refractivity contribution >= 4 is 0 Å². The van der Waals surface area contributed by atoms with Crippen LogP contribution in [-0.4, -0.2) is 22.4 Å². The zero-order valence-electron chi connectivity index (χ0n) is 9.74. The molecule has 98 valence electrons. The molecule has 6 heteroatoms. The molecule has 0 fully saturated rings. The number of rotatable bonds is 6. The molecule has 0 aliphatic carbocycles. The van der Waals surface area contributed by atoms with E-state index in [1.165, 1.54) is 0 Å². The van der Waals surface area contributed by atoms with Crippen molar-refractivity contribution in [3.05, 3.63) is 53.1 Å². The van der Waals surface area contributed by atoms with Crippen molar-refractivity contribution in [1.82, 2.24) is 0 Å². The Labute approximate surface area is 104 Å². The summed E-state index contributed by atoms with van der Waals surface area (Å²) in [5, 5.41) is 25.6. The molecule has 18 heavy (non-hydrogen) atoms. The Morgan fingerprint density at radius 1 is 1.17 bits per heavy atom. The molecule has 0 aliphatic rings. The normalized spacial score (nSPS) is 11.3. The number of hydrogen-bond donors (Lipinski definition) is 3. The van der Waals surface area contributed by atoms with E-state index in [2.05, 4.69) is 20.4 Å². The Hall–Kier alpha value is -1.82. The van der Waals surface area contributed by atoms with E-state index < -0.39 is 6.61 Å². The van der Waals surface area contributed by atoms with Gasteiger partial charge in [-0.1, -0.05) is 37.3 Å². The first-order valence-corrected chi connectivity index (χ1v) is 5.16. The second kappa shape index (κ2) is 7.50. The maximum atomic E-state index is 8.82. The maximum Gasteiger partial charge on any atom is 0.216 e. The molecule has 1 rings (SSSR count). The van der Waals surface area contributed by atoms with E-state index >= 15 is 0 Å². The van der Waals surface area contributed by atoms with Crippen molar-refractivity contribution in [3.63, 3.8) is 0 Å². The van der Waals surface area contributed by atoms with Crippen molar-refractivity contribution in [2.75, 3.05) is 6.61 Å². The van der Waals surface area contributed by atoms with Gasteiger partial charge in [-0.3, -0.25) is 5.26 Å². The Balaban J connectivity index is 3.06. The molecule has 0 amide bonds. The molecule has 0 spiro atoms. The van der Waals surface area contributed by atoms with Gasteiger partial charge in [-0.05, 0) is 11.3 Å². The van der Waals surface area contributed by atoms with Crippen LogP contribution in [0.25, 0.3) is 0 Å². The summed E-state index contributed by atoms with van der Waals surface area (Å²) in [6.45, 7) is 1.34. The largest absolute Gasteiger partial charge is 0.335 e. The Morgan fingerprint density at radius 2 is 1.83 bits per heavy atom. The average molecular weight is 254 g/mol. The highest BCUT2D eigenvalue weighted by Gasteiger charge is 2.14. The topological polar surface area (TPSA) is 88.4 Å². The van der Waals surface area contributed by atoms with Crippen molar-refractivity contribution in [3.8, 4) is 0 Å².